The molecule has 0 aliphatic carbocycles. The van der Waals surface area contributed by atoms with Crippen molar-refractivity contribution >= 4 is 24.0 Å². The molecule has 0 saturated carbocycles. The van der Waals surface area contributed by atoms with Gasteiger partial charge >= 0.3 is 0 Å². The van der Waals surface area contributed by atoms with Crippen LogP contribution in [0.25, 0.3) is 0 Å². The molecule has 2 rings (SSSR count). The molecule has 0 bridgehead atoms. The first kappa shape index (κ1) is 14.3. The number of hydrogen-bond donors (Lipinski definition) is 1. The molecule has 0 amide bonds. The summed E-state index contributed by atoms with van der Waals surface area (Å²) in [6, 6.07) is 8.40. The number of nitrogens with zero attached hydrogens (tertiary/aromatic N) is 1. The van der Waals surface area contributed by atoms with Crippen LogP contribution in [0, 0.1) is 18.5 Å². The number of benzene rings is 1. The van der Waals surface area contributed by atoms with E-state index in [1.54, 1.807) is 11.8 Å². The van der Waals surface area contributed by atoms with E-state index in [2.05, 4.69) is 48.1 Å². The number of thioether (sulfide) groups is 1. The molecule has 0 unspecified atom stereocenters. The second-order valence-corrected chi connectivity index (χ2v) is 5.90. The van der Waals surface area contributed by atoms with Crippen molar-refractivity contribution in [3.05, 3.63) is 51.6 Å². The van der Waals surface area contributed by atoms with Gasteiger partial charge in [0, 0.05) is 16.2 Å². The molecule has 2 nitrogen and oxygen atoms in total. The zero-order valence-corrected chi connectivity index (χ0v) is 13.1. The van der Waals surface area contributed by atoms with E-state index in [4.69, 9.17) is 12.2 Å². The number of rotatable bonds is 4. The summed E-state index contributed by atoms with van der Waals surface area (Å²) in [5.41, 5.74) is 3.59. The zero-order valence-electron chi connectivity index (χ0n) is 11.5. The average Bonchev–Trinajstić information content (AvgIpc) is 2.41. The molecule has 0 aliphatic heterocycles. The lowest BCUT2D eigenvalue weighted by Crippen LogP contribution is -2.01. The first-order valence-corrected chi connectivity index (χ1v) is 7.78. The molecule has 0 aliphatic rings. The Morgan fingerprint density at radius 1 is 1.26 bits per heavy atom. The summed E-state index contributed by atoms with van der Waals surface area (Å²) in [5, 5.41) is 0. The average molecular weight is 290 g/mol. The lowest BCUT2D eigenvalue weighted by Gasteiger charge is -2.08. The topological polar surface area (TPSA) is 28.7 Å². The molecule has 0 atom stereocenters. The third-order valence-corrected chi connectivity index (χ3v) is 4.70. The number of H-pyrrole nitrogens is 1. The molecule has 0 radical (unpaired) electrons. The molecule has 1 aromatic carbocycles. The van der Waals surface area contributed by atoms with Gasteiger partial charge in [-0.05, 0) is 31.9 Å². The first-order chi connectivity index (χ1) is 9.11. The van der Waals surface area contributed by atoms with Gasteiger partial charge in [0.05, 0.1) is 5.75 Å². The maximum atomic E-state index is 5.31. The SMILES string of the molecule is CCc1[nH]c(CSc2ccccc2C)nc(=S)c1C. The molecule has 1 N–H and O–H groups in total. The van der Waals surface area contributed by atoms with Crippen LogP contribution in [-0.4, -0.2) is 9.97 Å². The Balaban J connectivity index is 2.19. The van der Waals surface area contributed by atoms with E-state index in [1.807, 2.05) is 6.92 Å². The highest BCUT2D eigenvalue weighted by atomic mass is 32.2. The minimum atomic E-state index is 0.719. The van der Waals surface area contributed by atoms with Gasteiger partial charge in [0.15, 0.2) is 0 Å². The molecule has 19 heavy (non-hydrogen) atoms. The Bertz CT molecular complexity index is 632. The third-order valence-electron chi connectivity index (χ3n) is 3.12. The molecule has 4 heteroatoms. The van der Waals surface area contributed by atoms with Gasteiger partial charge in [-0.25, -0.2) is 4.98 Å². The predicted molar refractivity (Wildman–Crippen MR) is 84.3 cm³/mol. The van der Waals surface area contributed by atoms with Gasteiger partial charge in [0.1, 0.15) is 10.5 Å². The Hall–Kier alpha value is -1.13. The molecule has 1 aromatic heterocycles. The monoisotopic (exact) mass is 290 g/mol. The van der Waals surface area contributed by atoms with Crippen LogP contribution in [0.2, 0.25) is 0 Å². The Labute approximate surface area is 123 Å². The fraction of sp³-hybridized carbons (Fsp3) is 0.333. The molecule has 2 aromatic rings. The summed E-state index contributed by atoms with van der Waals surface area (Å²) in [6.07, 6.45) is 0.958. The Morgan fingerprint density at radius 3 is 2.68 bits per heavy atom. The molecule has 0 fully saturated rings. The molecule has 0 saturated heterocycles. The molecular weight excluding hydrogens is 272 g/mol. The fourth-order valence-corrected chi connectivity index (χ4v) is 3.05. The predicted octanol–water partition coefficient (Wildman–Crippen LogP) is 4.61. The van der Waals surface area contributed by atoms with Gasteiger partial charge in [0.2, 0.25) is 0 Å². The van der Waals surface area contributed by atoms with Crippen LogP contribution in [0.5, 0.6) is 0 Å². The van der Waals surface area contributed by atoms with Crippen molar-refractivity contribution < 1.29 is 0 Å². The normalized spacial score (nSPS) is 10.7. The van der Waals surface area contributed by atoms with Crippen LogP contribution < -0.4 is 0 Å². The number of nitrogens with one attached hydrogen (secondary N) is 1. The summed E-state index contributed by atoms with van der Waals surface area (Å²) in [5.74, 6) is 1.78. The Kier molecular flexibility index (Phi) is 4.77. The largest absolute Gasteiger partial charge is 0.346 e. The van der Waals surface area contributed by atoms with Crippen molar-refractivity contribution in [1.82, 2.24) is 9.97 Å². The van der Waals surface area contributed by atoms with E-state index in [-0.39, 0.29) is 0 Å². The van der Waals surface area contributed by atoms with Crippen LogP contribution in [0.15, 0.2) is 29.2 Å². The van der Waals surface area contributed by atoms with E-state index in [0.717, 1.165) is 28.2 Å². The maximum Gasteiger partial charge on any atom is 0.132 e. The summed E-state index contributed by atoms with van der Waals surface area (Å²) in [7, 11) is 0. The van der Waals surface area contributed by atoms with Crippen molar-refractivity contribution in [2.75, 3.05) is 0 Å². The quantitative estimate of drug-likeness (QED) is 0.658. The van der Waals surface area contributed by atoms with Gasteiger partial charge in [0.25, 0.3) is 0 Å². The second-order valence-electron chi connectivity index (χ2n) is 4.50. The summed E-state index contributed by atoms with van der Waals surface area (Å²) < 4.78 is 0.719. The smallest absolute Gasteiger partial charge is 0.132 e. The standard InChI is InChI=1S/C15H18N2S2/c1-4-12-11(3)15(18)17-14(16-12)9-19-13-8-6-5-7-10(13)2/h5-8H,4,9H2,1-3H3,(H,16,17,18). The van der Waals surface area contributed by atoms with Crippen LogP contribution in [0.3, 0.4) is 0 Å². The summed E-state index contributed by atoms with van der Waals surface area (Å²) >= 11 is 7.10. The molecule has 100 valence electrons. The fourth-order valence-electron chi connectivity index (χ4n) is 1.92. The van der Waals surface area contributed by atoms with Gasteiger partial charge in [-0.3, -0.25) is 0 Å². The van der Waals surface area contributed by atoms with E-state index in [9.17, 15) is 0 Å². The molecular formula is C15H18N2S2. The van der Waals surface area contributed by atoms with Gasteiger partial charge in [-0.1, -0.05) is 37.3 Å². The van der Waals surface area contributed by atoms with Crippen LogP contribution in [0.4, 0.5) is 0 Å². The van der Waals surface area contributed by atoms with Gasteiger partial charge < -0.3 is 4.98 Å². The highest BCUT2D eigenvalue weighted by molar-refractivity contribution is 7.98. The maximum absolute atomic E-state index is 5.31. The molecule has 1 heterocycles. The highest BCUT2D eigenvalue weighted by Gasteiger charge is 2.05. The van der Waals surface area contributed by atoms with Crippen LogP contribution in [-0.2, 0) is 12.2 Å². The van der Waals surface area contributed by atoms with Crippen molar-refractivity contribution in [3.8, 4) is 0 Å². The van der Waals surface area contributed by atoms with Crippen molar-refractivity contribution in [2.24, 2.45) is 0 Å². The van der Waals surface area contributed by atoms with Crippen molar-refractivity contribution in [1.29, 1.82) is 0 Å². The highest BCUT2D eigenvalue weighted by Crippen LogP contribution is 2.24. The number of aromatic amines is 1. The second kappa shape index (κ2) is 6.35. The first-order valence-electron chi connectivity index (χ1n) is 6.39. The van der Waals surface area contributed by atoms with E-state index in [1.165, 1.54) is 16.2 Å². The number of hydrogen-bond acceptors (Lipinski definition) is 3. The number of aromatic nitrogens is 2. The Morgan fingerprint density at radius 2 is 2.00 bits per heavy atom. The van der Waals surface area contributed by atoms with Crippen molar-refractivity contribution in [3.63, 3.8) is 0 Å². The van der Waals surface area contributed by atoms with E-state index >= 15 is 0 Å². The van der Waals surface area contributed by atoms with Crippen LogP contribution in [0.1, 0.15) is 29.6 Å². The lowest BCUT2D eigenvalue weighted by molar-refractivity contribution is 0.910. The minimum absolute atomic E-state index is 0.719. The van der Waals surface area contributed by atoms with E-state index in [0.29, 0.717) is 0 Å². The van der Waals surface area contributed by atoms with Crippen molar-refractivity contribution in [2.45, 2.75) is 37.8 Å². The minimum Gasteiger partial charge on any atom is -0.346 e. The number of aryl methyl sites for hydroxylation is 2. The molecule has 0 spiro atoms. The summed E-state index contributed by atoms with van der Waals surface area (Å²) in [4.78, 5) is 9.15. The van der Waals surface area contributed by atoms with Crippen LogP contribution >= 0.6 is 24.0 Å². The third kappa shape index (κ3) is 3.45. The van der Waals surface area contributed by atoms with Gasteiger partial charge in [-0.15, -0.1) is 11.8 Å². The summed E-state index contributed by atoms with van der Waals surface area (Å²) in [6.45, 7) is 6.29. The van der Waals surface area contributed by atoms with E-state index < -0.39 is 0 Å². The van der Waals surface area contributed by atoms with Gasteiger partial charge in [-0.2, -0.15) is 0 Å². The zero-order chi connectivity index (χ0) is 13.8. The lowest BCUT2D eigenvalue weighted by atomic mass is 10.2.